The van der Waals surface area contributed by atoms with Gasteiger partial charge in [0.2, 0.25) is 0 Å². The van der Waals surface area contributed by atoms with Crippen molar-refractivity contribution in [1.29, 1.82) is 0 Å². The van der Waals surface area contributed by atoms with Gasteiger partial charge in [-0.05, 0) is 31.1 Å². The fourth-order valence-corrected chi connectivity index (χ4v) is 2.90. The first-order valence-electron chi connectivity index (χ1n) is 7.50. The van der Waals surface area contributed by atoms with Crippen molar-refractivity contribution in [1.82, 2.24) is 0 Å². The zero-order valence-electron chi connectivity index (χ0n) is 12.9. The smallest absolute Gasteiger partial charge is 0.446 e. The maximum atomic E-state index is 12.2. The third kappa shape index (κ3) is 4.07. The Morgan fingerprint density at radius 3 is 2.25 bits per heavy atom. The number of halogens is 3. The standard InChI is InChI=1S/C15H19F3O6/c1-9(12(20)23-8-14(21,22)15(16,17)18)5-11(19)24-10-6-13(7-10)3-2-4-13/h10,21-22H,1-8H2. The molecule has 0 amide bonds. The van der Waals surface area contributed by atoms with E-state index in [2.05, 4.69) is 11.3 Å². The monoisotopic (exact) mass is 352 g/mol. The Kier molecular flexibility index (Phi) is 4.96. The molecular weight excluding hydrogens is 333 g/mol. The summed E-state index contributed by atoms with van der Waals surface area (Å²) in [5.74, 6) is -6.20. The van der Waals surface area contributed by atoms with E-state index < -0.39 is 42.5 Å². The maximum Gasteiger partial charge on any atom is 0.446 e. The quantitative estimate of drug-likeness (QED) is 0.428. The predicted molar refractivity (Wildman–Crippen MR) is 73.3 cm³/mol. The molecule has 0 atom stereocenters. The molecule has 0 saturated heterocycles. The molecule has 0 bridgehead atoms. The molecule has 2 saturated carbocycles. The highest BCUT2D eigenvalue weighted by atomic mass is 19.4. The Hall–Kier alpha value is -1.61. The van der Waals surface area contributed by atoms with Crippen LogP contribution in [0.3, 0.4) is 0 Å². The molecule has 6 nitrogen and oxygen atoms in total. The Morgan fingerprint density at radius 2 is 1.79 bits per heavy atom. The summed E-state index contributed by atoms with van der Waals surface area (Å²) in [5.41, 5.74) is -0.111. The molecule has 2 N–H and O–H groups in total. The largest absolute Gasteiger partial charge is 0.462 e. The Morgan fingerprint density at radius 1 is 1.21 bits per heavy atom. The summed E-state index contributed by atoms with van der Waals surface area (Å²) in [7, 11) is 0. The van der Waals surface area contributed by atoms with Crippen LogP contribution in [-0.4, -0.2) is 46.8 Å². The first-order valence-corrected chi connectivity index (χ1v) is 7.50. The molecule has 0 aliphatic heterocycles. The van der Waals surface area contributed by atoms with Crippen LogP contribution in [0.1, 0.15) is 38.5 Å². The number of carbonyl (C=O) groups excluding carboxylic acids is 2. The lowest BCUT2D eigenvalue weighted by Crippen LogP contribution is -2.49. The van der Waals surface area contributed by atoms with Crippen LogP contribution in [0.4, 0.5) is 13.2 Å². The fraction of sp³-hybridized carbons (Fsp3) is 0.733. The van der Waals surface area contributed by atoms with E-state index in [9.17, 15) is 22.8 Å². The molecule has 2 rings (SSSR count). The van der Waals surface area contributed by atoms with Gasteiger partial charge in [0.05, 0.1) is 6.42 Å². The summed E-state index contributed by atoms with van der Waals surface area (Å²) in [6.45, 7) is 1.53. The van der Waals surface area contributed by atoms with Crippen molar-refractivity contribution in [2.75, 3.05) is 6.61 Å². The lowest BCUT2D eigenvalue weighted by Gasteiger charge is -2.53. The van der Waals surface area contributed by atoms with Crippen LogP contribution in [0.25, 0.3) is 0 Å². The summed E-state index contributed by atoms with van der Waals surface area (Å²) in [4.78, 5) is 23.1. The van der Waals surface area contributed by atoms with E-state index in [0.29, 0.717) is 5.41 Å². The van der Waals surface area contributed by atoms with Crippen LogP contribution in [0, 0.1) is 5.41 Å². The average Bonchev–Trinajstić information content (AvgIpc) is 2.36. The predicted octanol–water partition coefficient (Wildman–Crippen LogP) is 1.59. The summed E-state index contributed by atoms with van der Waals surface area (Å²) >= 11 is 0. The first-order chi connectivity index (χ1) is 10.9. The van der Waals surface area contributed by atoms with Crippen LogP contribution in [-0.2, 0) is 19.1 Å². The molecule has 0 radical (unpaired) electrons. The normalized spacial score (nSPS) is 20.0. The minimum atomic E-state index is -5.38. The van der Waals surface area contributed by atoms with Crippen molar-refractivity contribution >= 4 is 11.9 Å². The van der Waals surface area contributed by atoms with Gasteiger partial charge in [0.25, 0.3) is 5.79 Å². The SMILES string of the molecule is C=C(CC(=O)OC1CC2(CCC2)C1)C(=O)OCC(O)(O)C(F)(F)F. The van der Waals surface area contributed by atoms with Crippen molar-refractivity contribution < 1.29 is 42.4 Å². The lowest BCUT2D eigenvalue weighted by molar-refractivity contribution is -0.358. The van der Waals surface area contributed by atoms with Crippen LogP contribution < -0.4 is 0 Å². The molecule has 0 aromatic rings. The molecule has 2 fully saturated rings. The highest BCUT2D eigenvalue weighted by Crippen LogP contribution is 2.56. The molecule has 0 aromatic carbocycles. The van der Waals surface area contributed by atoms with E-state index in [1.807, 2.05) is 0 Å². The molecule has 24 heavy (non-hydrogen) atoms. The van der Waals surface area contributed by atoms with E-state index in [-0.39, 0.29) is 6.10 Å². The fourth-order valence-electron chi connectivity index (χ4n) is 2.90. The highest BCUT2D eigenvalue weighted by molar-refractivity contribution is 5.93. The van der Waals surface area contributed by atoms with Crippen molar-refractivity contribution in [2.24, 2.45) is 5.41 Å². The Labute approximate surface area is 136 Å². The number of carbonyl (C=O) groups is 2. The number of ether oxygens (including phenoxy) is 2. The van der Waals surface area contributed by atoms with Crippen LogP contribution in [0.5, 0.6) is 0 Å². The van der Waals surface area contributed by atoms with E-state index in [4.69, 9.17) is 14.9 Å². The number of esters is 2. The molecule has 9 heteroatoms. The van der Waals surface area contributed by atoms with Crippen molar-refractivity contribution in [3.05, 3.63) is 12.2 Å². The average molecular weight is 352 g/mol. The third-order valence-corrected chi connectivity index (χ3v) is 4.54. The molecular formula is C15H19F3O6. The second-order valence-electron chi connectivity index (χ2n) is 6.54. The van der Waals surface area contributed by atoms with Crippen molar-refractivity contribution in [2.45, 2.75) is 56.6 Å². The van der Waals surface area contributed by atoms with E-state index >= 15 is 0 Å². The second kappa shape index (κ2) is 6.36. The zero-order valence-corrected chi connectivity index (χ0v) is 12.9. The van der Waals surface area contributed by atoms with Crippen LogP contribution in [0.15, 0.2) is 12.2 Å². The number of rotatable bonds is 6. The summed E-state index contributed by atoms with van der Waals surface area (Å²) in [6, 6.07) is 0. The van der Waals surface area contributed by atoms with Gasteiger partial charge in [0.15, 0.2) is 6.61 Å². The van der Waals surface area contributed by atoms with Gasteiger partial charge in [-0.15, -0.1) is 0 Å². The van der Waals surface area contributed by atoms with E-state index in [0.717, 1.165) is 25.7 Å². The van der Waals surface area contributed by atoms with Gasteiger partial charge in [-0.3, -0.25) is 4.79 Å². The molecule has 136 valence electrons. The van der Waals surface area contributed by atoms with E-state index in [1.54, 1.807) is 0 Å². The van der Waals surface area contributed by atoms with Crippen LogP contribution >= 0.6 is 0 Å². The van der Waals surface area contributed by atoms with E-state index in [1.165, 1.54) is 6.42 Å². The Bertz CT molecular complexity index is 528. The molecule has 0 unspecified atom stereocenters. The number of hydrogen-bond donors (Lipinski definition) is 2. The molecule has 2 aliphatic rings. The van der Waals surface area contributed by atoms with Gasteiger partial charge in [0, 0.05) is 5.57 Å². The van der Waals surface area contributed by atoms with Gasteiger partial charge in [0.1, 0.15) is 6.10 Å². The minimum absolute atomic E-state index is 0.200. The summed E-state index contributed by atoms with van der Waals surface area (Å²) in [6.07, 6.45) is -1.09. The van der Waals surface area contributed by atoms with Crippen LogP contribution in [0.2, 0.25) is 0 Å². The molecule has 0 aromatic heterocycles. The van der Waals surface area contributed by atoms with Gasteiger partial charge in [-0.2, -0.15) is 13.2 Å². The first kappa shape index (κ1) is 18.7. The second-order valence-corrected chi connectivity index (χ2v) is 6.54. The molecule has 2 aliphatic carbocycles. The minimum Gasteiger partial charge on any atom is -0.462 e. The summed E-state index contributed by atoms with van der Waals surface area (Å²) in [5, 5.41) is 17.5. The lowest BCUT2D eigenvalue weighted by atomic mass is 9.55. The molecule has 0 heterocycles. The van der Waals surface area contributed by atoms with Gasteiger partial charge < -0.3 is 19.7 Å². The maximum absolute atomic E-state index is 12.2. The van der Waals surface area contributed by atoms with Crippen molar-refractivity contribution in [3.8, 4) is 0 Å². The van der Waals surface area contributed by atoms with Gasteiger partial charge >= 0.3 is 18.1 Å². The summed E-state index contributed by atoms with van der Waals surface area (Å²) < 4.78 is 45.9. The third-order valence-electron chi connectivity index (χ3n) is 4.54. The zero-order chi connectivity index (χ0) is 18.2. The Balaban J connectivity index is 1.69. The number of aliphatic hydroxyl groups is 2. The topological polar surface area (TPSA) is 93.1 Å². The van der Waals surface area contributed by atoms with Gasteiger partial charge in [-0.1, -0.05) is 13.0 Å². The van der Waals surface area contributed by atoms with Gasteiger partial charge in [-0.25, -0.2) is 4.79 Å². The number of hydrogen-bond acceptors (Lipinski definition) is 6. The highest BCUT2D eigenvalue weighted by Gasteiger charge is 2.54. The van der Waals surface area contributed by atoms with Crippen molar-refractivity contribution in [3.63, 3.8) is 0 Å². The molecule has 1 spiro atoms. The number of alkyl halides is 3.